The Hall–Kier alpha value is -0.120. The predicted molar refractivity (Wildman–Crippen MR) is 78.0 cm³/mol. The second-order valence-corrected chi connectivity index (χ2v) is 6.36. The van der Waals surface area contributed by atoms with Crippen LogP contribution in [0.4, 0.5) is 0 Å². The van der Waals surface area contributed by atoms with E-state index in [2.05, 4.69) is 37.9 Å². The van der Waals surface area contributed by atoms with Gasteiger partial charge in [-0.3, -0.25) is 0 Å². The molecule has 1 saturated heterocycles. The van der Waals surface area contributed by atoms with Gasteiger partial charge in [-0.25, -0.2) is 0 Å². The standard InChI is InChI=1S/C15H32N2O/c1-13(2)5-8-17(9-6-14(3)4)12-15-11-16-7-10-18-15/h13-16H,5-12H2,1-4H3. The zero-order valence-electron chi connectivity index (χ0n) is 12.7. The van der Waals surface area contributed by atoms with E-state index in [4.69, 9.17) is 4.74 Å². The average molecular weight is 256 g/mol. The van der Waals surface area contributed by atoms with Crippen molar-refractivity contribution in [2.24, 2.45) is 11.8 Å². The summed E-state index contributed by atoms with van der Waals surface area (Å²) in [5, 5.41) is 3.42. The SMILES string of the molecule is CC(C)CCN(CCC(C)C)CC1CNCCO1. The molecule has 0 aromatic carbocycles. The molecule has 1 rings (SSSR count). The molecule has 0 saturated carbocycles. The van der Waals surface area contributed by atoms with Crippen LogP contribution >= 0.6 is 0 Å². The quantitative estimate of drug-likeness (QED) is 0.721. The molecule has 0 radical (unpaired) electrons. The molecule has 0 bridgehead atoms. The molecule has 1 atom stereocenters. The number of morpholine rings is 1. The molecule has 18 heavy (non-hydrogen) atoms. The Bertz CT molecular complexity index is 189. The number of ether oxygens (including phenoxy) is 1. The highest BCUT2D eigenvalue weighted by Crippen LogP contribution is 2.09. The molecule has 108 valence electrons. The Kier molecular flexibility index (Phi) is 7.87. The second-order valence-electron chi connectivity index (χ2n) is 6.36. The molecular weight excluding hydrogens is 224 g/mol. The first-order valence-corrected chi connectivity index (χ1v) is 7.62. The molecule has 1 aliphatic rings. The zero-order valence-corrected chi connectivity index (χ0v) is 12.7. The first kappa shape index (κ1) is 15.9. The van der Waals surface area contributed by atoms with Crippen molar-refractivity contribution >= 4 is 0 Å². The summed E-state index contributed by atoms with van der Waals surface area (Å²) in [6, 6.07) is 0. The fraction of sp³-hybridized carbons (Fsp3) is 1.00. The second kappa shape index (κ2) is 8.89. The Labute approximate surface area is 113 Å². The maximum Gasteiger partial charge on any atom is 0.0826 e. The summed E-state index contributed by atoms with van der Waals surface area (Å²) in [7, 11) is 0. The van der Waals surface area contributed by atoms with Crippen molar-refractivity contribution in [1.29, 1.82) is 0 Å². The van der Waals surface area contributed by atoms with Gasteiger partial charge in [0.2, 0.25) is 0 Å². The van der Waals surface area contributed by atoms with Gasteiger partial charge in [0.25, 0.3) is 0 Å². The number of hydrogen-bond donors (Lipinski definition) is 1. The van der Waals surface area contributed by atoms with E-state index < -0.39 is 0 Å². The topological polar surface area (TPSA) is 24.5 Å². The van der Waals surface area contributed by atoms with E-state index in [1.54, 1.807) is 0 Å². The van der Waals surface area contributed by atoms with Crippen LogP contribution in [0.15, 0.2) is 0 Å². The summed E-state index contributed by atoms with van der Waals surface area (Å²) in [6.45, 7) is 15.6. The average Bonchev–Trinajstić information content (AvgIpc) is 2.33. The smallest absolute Gasteiger partial charge is 0.0826 e. The number of nitrogens with one attached hydrogen (secondary N) is 1. The van der Waals surface area contributed by atoms with Gasteiger partial charge in [-0.15, -0.1) is 0 Å². The maximum absolute atomic E-state index is 5.82. The van der Waals surface area contributed by atoms with E-state index in [1.807, 2.05) is 0 Å². The Morgan fingerprint density at radius 1 is 1.11 bits per heavy atom. The summed E-state index contributed by atoms with van der Waals surface area (Å²) in [5.74, 6) is 1.58. The van der Waals surface area contributed by atoms with Gasteiger partial charge in [0.05, 0.1) is 12.7 Å². The summed E-state index contributed by atoms with van der Waals surface area (Å²) in [4.78, 5) is 2.59. The zero-order chi connectivity index (χ0) is 13.4. The van der Waals surface area contributed by atoms with Gasteiger partial charge in [0.15, 0.2) is 0 Å². The molecule has 1 N–H and O–H groups in total. The molecule has 1 aliphatic heterocycles. The lowest BCUT2D eigenvalue weighted by atomic mass is 10.1. The van der Waals surface area contributed by atoms with Crippen LogP contribution in [-0.4, -0.2) is 50.3 Å². The van der Waals surface area contributed by atoms with Crippen LogP contribution in [0.1, 0.15) is 40.5 Å². The van der Waals surface area contributed by atoms with Gasteiger partial charge >= 0.3 is 0 Å². The van der Waals surface area contributed by atoms with E-state index >= 15 is 0 Å². The molecule has 0 spiro atoms. The summed E-state index contributed by atoms with van der Waals surface area (Å²) >= 11 is 0. The van der Waals surface area contributed by atoms with Crippen molar-refractivity contribution in [2.45, 2.75) is 46.6 Å². The summed E-state index contributed by atoms with van der Waals surface area (Å²) < 4.78 is 5.82. The Morgan fingerprint density at radius 2 is 1.72 bits per heavy atom. The molecule has 1 unspecified atom stereocenters. The van der Waals surface area contributed by atoms with Gasteiger partial charge in [0, 0.05) is 19.6 Å². The highest BCUT2D eigenvalue weighted by Gasteiger charge is 2.17. The van der Waals surface area contributed by atoms with Gasteiger partial charge in [-0.2, -0.15) is 0 Å². The van der Waals surface area contributed by atoms with Crippen LogP contribution in [0.5, 0.6) is 0 Å². The Morgan fingerprint density at radius 3 is 2.17 bits per heavy atom. The van der Waals surface area contributed by atoms with Crippen LogP contribution < -0.4 is 5.32 Å². The minimum Gasteiger partial charge on any atom is -0.374 e. The maximum atomic E-state index is 5.82. The van der Waals surface area contributed by atoms with Gasteiger partial charge < -0.3 is 15.0 Å². The van der Waals surface area contributed by atoms with Crippen molar-refractivity contribution in [3.63, 3.8) is 0 Å². The lowest BCUT2D eigenvalue weighted by Crippen LogP contribution is -2.46. The van der Waals surface area contributed by atoms with Gasteiger partial charge in [-0.1, -0.05) is 27.7 Å². The lowest BCUT2D eigenvalue weighted by molar-refractivity contribution is 0.00406. The minimum atomic E-state index is 0.387. The van der Waals surface area contributed by atoms with E-state index in [0.717, 1.165) is 38.1 Å². The fourth-order valence-electron chi connectivity index (χ4n) is 2.20. The van der Waals surface area contributed by atoms with Crippen molar-refractivity contribution in [2.75, 3.05) is 39.3 Å². The summed E-state index contributed by atoms with van der Waals surface area (Å²) in [5.41, 5.74) is 0. The van der Waals surface area contributed by atoms with Crippen molar-refractivity contribution in [1.82, 2.24) is 10.2 Å². The van der Waals surface area contributed by atoms with Gasteiger partial charge in [0.1, 0.15) is 0 Å². The van der Waals surface area contributed by atoms with Crippen LogP contribution in [0, 0.1) is 11.8 Å². The monoisotopic (exact) mass is 256 g/mol. The van der Waals surface area contributed by atoms with Crippen LogP contribution in [-0.2, 0) is 4.74 Å². The van der Waals surface area contributed by atoms with Crippen molar-refractivity contribution in [3.8, 4) is 0 Å². The third-order valence-electron chi connectivity index (χ3n) is 3.51. The fourth-order valence-corrected chi connectivity index (χ4v) is 2.20. The molecular formula is C15H32N2O. The number of nitrogens with zero attached hydrogens (tertiary/aromatic N) is 1. The third kappa shape index (κ3) is 7.34. The van der Waals surface area contributed by atoms with E-state index in [1.165, 1.54) is 25.9 Å². The summed E-state index contributed by atoms with van der Waals surface area (Å²) in [6.07, 6.45) is 2.97. The number of hydrogen-bond acceptors (Lipinski definition) is 3. The van der Waals surface area contributed by atoms with Crippen molar-refractivity contribution < 1.29 is 4.74 Å². The van der Waals surface area contributed by atoms with Gasteiger partial charge in [-0.05, 0) is 37.8 Å². The van der Waals surface area contributed by atoms with Crippen LogP contribution in [0.3, 0.4) is 0 Å². The first-order valence-electron chi connectivity index (χ1n) is 7.62. The molecule has 3 nitrogen and oxygen atoms in total. The van der Waals surface area contributed by atoms with E-state index in [-0.39, 0.29) is 0 Å². The van der Waals surface area contributed by atoms with E-state index in [0.29, 0.717) is 6.10 Å². The molecule has 0 aliphatic carbocycles. The minimum absolute atomic E-state index is 0.387. The number of rotatable bonds is 8. The third-order valence-corrected chi connectivity index (χ3v) is 3.51. The largest absolute Gasteiger partial charge is 0.374 e. The Balaban J connectivity index is 2.31. The molecule has 1 fully saturated rings. The van der Waals surface area contributed by atoms with Crippen LogP contribution in [0.2, 0.25) is 0 Å². The predicted octanol–water partition coefficient (Wildman–Crippen LogP) is 2.37. The van der Waals surface area contributed by atoms with E-state index in [9.17, 15) is 0 Å². The molecule has 3 heteroatoms. The normalized spacial score (nSPS) is 21.2. The first-order chi connectivity index (χ1) is 8.58. The highest BCUT2D eigenvalue weighted by molar-refractivity contribution is 4.72. The molecule has 0 amide bonds. The molecule has 1 heterocycles. The van der Waals surface area contributed by atoms with Crippen LogP contribution in [0.25, 0.3) is 0 Å². The highest BCUT2D eigenvalue weighted by atomic mass is 16.5. The lowest BCUT2D eigenvalue weighted by Gasteiger charge is -2.31. The molecule has 0 aromatic heterocycles. The molecule has 0 aromatic rings. The van der Waals surface area contributed by atoms with Crippen molar-refractivity contribution in [3.05, 3.63) is 0 Å².